The lowest BCUT2D eigenvalue weighted by Gasteiger charge is -2.31. The van der Waals surface area contributed by atoms with Crippen LogP contribution in [0.15, 0.2) is 0 Å². The summed E-state index contributed by atoms with van der Waals surface area (Å²) < 4.78 is 25.7. The van der Waals surface area contributed by atoms with E-state index in [2.05, 4.69) is 5.32 Å². The van der Waals surface area contributed by atoms with Crippen LogP contribution in [0.5, 0.6) is 0 Å². The van der Waals surface area contributed by atoms with E-state index in [4.69, 9.17) is 0 Å². The van der Waals surface area contributed by atoms with Gasteiger partial charge in [0.1, 0.15) is 0 Å². The zero-order valence-electron chi connectivity index (χ0n) is 13.3. The Hall–Kier alpha value is -0.370. The van der Waals surface area contributed by atoms with Crippen LogP contribution in [0.1, 0.15) is 38.5 Å². The Morgan fingerprint density at radius 2 is 1.82 bits per heavy atom. The molecule has 0 unspecified atom stereocenters. The van der Waals surface area contributed by atoms with E-state index in [-0.39, 0.29) is 24.1 Å². The first-order valence-electron chi connectivity index (χ1n) is 7.95. The first-order valence-corrected chi connectivity index (χ1v) is 9.56. The average Bonchev–Trinajstić information content (AvgIpc) is 3.02. The molecule has 1 N–H and O–H groups in total. The lowest BCUT2D eigenvalue weighted by molar-refractivity contribution is -0.132. The van der Waals surface area contributed by atoms with Gasteiger partial charge in [-0.15, -0.1) is 12.4 Å². The molecule has 0 atom stereocenters. The summed E-state index contributed by atoms with van der Waals surface area (Å²) in [7, 11) is -1.31. The second-order valence-corrected chi connectivity index (χ2v) is 8.10. The SMILES string of the molecule is CN(C(=O)CCCS(=O)(=O)N1CCCC1)C1CCNCC1.Cl. The fourth-order valence-corrected chi connectivity index (χ4v) is 4.66. The molecule has 2 heterocycles. The van der Waals surface area contributed by atoms with Crippen molar-refractivity contribution in [3.63, 3.8) is 0 Å². The third-order valence-corrected chi connectivity index (χ3v) is 6.46. The van der Waals surface area contributed by atoms with Gasteiger partial charge in [0.15, 0.2) is 0 Å². The smallest absolute Gasteiger partial charge is 0.222 e. The normalized spacial score (nSPS) is 20.6. The van der Waals surface area contributed by atoms with E-state index in [1.54, 1.807) is 4.31 Å². The molecule has 130 valence electrons. The van der Waals surface area contributed by atoms with Crippen molar-refractivity contribution in [3.05, 3.63) is 0 Å². The molecule has 2 saturated heterocycles. The monoisotopic (exact) mass is 353 g/mol. The van der Waals surface area contributed by atoms with Gasteiger partial charge in [-0.1, -0.05) is 0 Å². The number of hydrogen-bond acceptors (Lipinski definition) is 4. The number of piperidine rings is 1. The van der Waals surface area contributed by atoms with Crippen LogP contribution in [-0.4, -0.2) is 68.6 Å². The molecule has 2 aliphatic heterocycles. The Balaban J connectivity index is 0.00000242. The molecule has 2 rings (SSSR count). The predicted molar refractivity (Wildman–Crippen MR) is 89.7 cm³/mol. The summed E-state index contributed by atoms with van der Waals surface area (Å²) in [6.45, 7) is 3.19. The van der Waals surface area contributed by atoms with Crippen molar-refractivity contribution in [1.29, 1.82) is 0 Å². The minimum Gasteiger partial charge on any atom is -0.343 e. The molecule has 22 heavy (non-hydrogen) atoms. The van der Waals surface area contributed by atoms with E-state index in [9.17, 15) is 13.2 Å². The molecule has 0 bridgehead atoms. The highest BCUT2D eigenvalue weighted by molar-refractivity contribution is 7.89. The van der Waals surface area contributed by atoms with Crippen LogP contribution in [0.2, 0.25) is 0 Å². The first-order chi connectivity index (χ1) is 10.0. The number of carbonyl (C=O) groups is 1. The Morgan fingerprint density at radius 1 is 1.23 bits per heavy atom. The highest BCUT2D eigenvalue weighted by Crippen LogP contribution is 2.15. The van der Waals surface area contributed by atoms with Crippen molar-refractivity contribution in [1.82, 2.24) is 14.5 Å². The molecule has 2 fully saturated rings. The van der Waals surface area contributed by atoms with Gasteiger partial charge < -0.3 is 10.2 Å². The highest BCUT2D eigenvalue weighted by Gasteiger charge is 2.26. The third kappa shape index (κ3) is 5.37. The summed E-state index contributed by atoms with van der Waals surface area (Å²) in [5.74, 6) is 0.164. The Bertz CT molecular complexity index is 446. The summed E-state index contributed by atoms with van der Waals surface area (Å²) in [4.78, 5) is 14.0. The Labute approximate surface area is 140 Å². The molecule has 0 spiro atoms. The molecule has 6 nitrogen and oxygen atoms in total. The van der Waals surface area contributed by atoms with Crippen LogP contribution in [-0.2, 0) is 14.8 Å². The molecule has 0 aromatic heterocycles. The zero-order chi connectivity index (χ0) is 15.3. The maximum atomic E-state index is 12.1. The van der Waals surface area contributed by atoms with Gasteiger partial charge >= 0.3 is 0 Å². The molecule has 0 radical (unpaired) electrons. The van der Waals surface area contributed by atoms with Crippen molar-refractivity contribution in [2.45, 2.75) is 44.6 Å². The first kappa shape index (κ1) is 19.7. The number of carbonyl (C=O) groups excluding carboxylic acids is 1. The molecule has 2 aliphatic rings. The molecule has 0 saturated carbocycles. The quantitative estimate of drug-likeness (QED) is 0.767. The van der Waals surface area contributed by atoms with Gasteiger partial charge in [0.05, 0.1) is 5.75 Å². The van der Waals surface area contributed by atoms with Gasteiger partial charge in [-0.3, -0.25) is 4.79 Å². The summed E-state index contributed by atoms with van der Waals surface area (Å²) in [5.41, 5.74) is 0. The number of nitrogens with one attached hydrogen (secondary N) is 1. The van der Waals surface area contributed by atoms with Crippen LogP contribution in [0.3, 0.4) is 0 Å². The molecule has 8 heteroatoms. The van der Waals surface area contributed by atoms with Crippen molar-refractivity contribution in [3.8, 4) is 0 Å². The van der Waals surface area contributed by atoms with Gasteiger partial charge in [0.2, 0.25) is 15.9 Å². The summed E-state index contributed by atoms with van der Waals surface area (Å²) in [5, 5.41) is 3.28. The minimum atomic E-state index is -3.15. The summed E-state index contributed by atoms with van der Waals surface area (Å²) >= 11 is 0. The van der Waals surface area contributed by atoms with Crippen LogP contribution in [0.25, 0.3) is 0 Å². The average molecular weight is 354 g/mol. The van der Waals surface area contributed by atoms with Gasteiger partial charge in [-0.25, -0.2) is 12.7 Å². The number of hydrogen-bond donors (Lipinski definition) is 1. The van der Waals surface area contributed by atoms with E-state index in [0.717, 1.165) is 38.8 Å². The minimum absolute atomic E-state index is 0. The molecular weight excluding hydrogens is 326 g/mol. The Morgan fingerprint density at radius 3 is 2.41 bits per heavy atom. The van der Waals surface area contributed by atoms with Crippen molar-refractivity contribution in [2.24, 2.45) is 0 Å². The summed E-state index contributed by atoms with van der Waals surface area (Å²) in [6, 6.07) is 0.300. The fraction of sp³-hybridized carbons (Fsp3) is 0.929. The number of nitrogens with zero attached hydrogens (tertiary/aromatic N) is 2. The molecule has 0 aromatic rings. The number of rotatable bonds is 6. The van der Waals surface area contributed by atoms with Crippen LogP contribution in [0.4, 0.5) is 0 Å². The van der Waals surface area contributed by atoms with Crippen LogP contribution < -0.4 is 5.32 Å². The standard InChI is InChI=1S/C14H27N3O3S.ClH/c1-16(13-6-8-15-9-7-13)14(18)5-4-12-21(19,20)17-10-2-3-11-17;/h13,15H,2-12H2,1H3;1H. The lowest BCUT2D eigenvalue weighted by atomic mass is 10.0. The number of halogens is 1. The second kappa shape index (κ2) is 9.05. The van der Waals surface area contributed by atoms with E-state index in [1.165, 1.54) is 0 Å². The largest absolute Gasteiger partial charge is 0.343 e. The van der Waals surface area contributed by atoms with Gasteiger partial charge in [-0.2, -0.15) is 0 Å². The second-order valence-electron chi connectivity index (χ2n) is 6.01. The van der Waals surface area contributed by atoms with Crippen LogP contribution in [0, 0.1) is 0 Å². The van der Waals surface area contributed by atoms with Gasteiger partial charge in [0.25, 0.3) is 0 Å². The fourth-order valence-electron chi connectivity index (χ4n) is 3.08. The molecular formula is C14H28ClN3O3S. The topological polar surface area (TPSA) is 69.7 Å². The van der Waals surface area contributed by atoms with Crippen LogP contribution >= 0.6 is 12.4 Å². The maximum absolute atomic E-state index is 12.1. The van der Waals surface area contributed by atoms with Gasteiger partial charge in [-0.05, 0) is 45.2 Å². The van der Waals surface area contributed by atoms with E-state index in [1.807, 2.05) is 11.9 Å². The maximum Gasteiger partial charge on any atom is 0.222 e. The van der Waals surface area contributed by atoms with E-state index in [0.29, 0.717) is 32.0 Å². The summed E-state index contributed by atoms with van der Waals surface area (Å²) in [6.07, 6.45) is 4.62. The van der Waals surface area contributed by atoms with Gasteiger partial charge in [0, 0.05) is 32.6 Å². The van der Waals surface area contributed by atoms with E-state index >= 15 is 0 Å². The third-order valence-electron chi connectivity index (χ3n) is 4.50. The number of amides is 1. The molecule has 0 aromatic carbocycles. The molecule has 0 aliphatic carbocycles. The van der Waals surface area contributed by atoms with Crippen molar-refractivity contribution < 1.29 is 13.2 Å². The van der Waals surface area contributed by atoms with Crippen molar-refractivity contribution >= 4 is 28.3 Å². The predicted octanol–water partition coefficient (Wildman–Crippen LogP) is 0.824. The Kier molecular flexibility index (Phi) is 8.10. The highest BCUT2D eigenvalue weighted by atomic mass is 35.5. The van der Waals surface area contributed by atoms with Crippen molar-refractivity contribution in [2.75, 3.05) is 39.0 Å². The van der Waals surface area contributed by atoms with E-state index < -0.39 is 10.0 Å². The molecule has 1 amide bonds. The number of sulfonamides is 1. The zero-order valence-corrected chi connectivity index (χ0v) is 14.9. The lowest BCUT2D eigenvalue weighted by Crippen LogP contribution is -2.44.